The van der Waals surface area contributed by atoms with E-state index in [1.807, 2.05) is 0 Å². The van der Waals surface area contributed by atoms with E-state index in [2.05, 4.69) is 49.3 Å². The van der Waals surface area contributed by atoms with Gasteiger partial charge >= 0.3 is 99.7 Å². The molecule has 2 nitrogen and oxygen atoms in total. The molecule has 0 aliphatic carbocycles. The zero-order valence-corrected chi connectivity index (χ0v) is 13.7. The number of nitrogens with zero attached hydrogens (tertiary/aromatic N) is 2. The summed E-state index contributed by atoms with van der Waals surface area (Å²) in [7, 11) is 0. The Morgan fingerprint density at radius 2 is 0.867 bits per heavy atom. The SMILES string of the molecule is CC[N](CC)[Ge]([CH2]C)([CH2]C)[N](CC)CC. The molecule has 0 saturated heterocycles. The third kappa shape index (κ3) is 3.21. The summed E-state index contributed by atoms with van der Waals surface area (Å²) in [5, 5.41) is 2.81. The van der Waals surface area contributed by atoms with Crippen molar-refractivity contribution < 1.29 is 0 Å². The van der Waals surface area contributed by atoms with Gasteiger partial charge in [-0.25, -0.2) is 0 Å². The van der Waals surface area contributed by atoms with Crippen LogP contribution in [-0.4, -0.2) is 47.6 Å². The van der Waals surface area contributed by atoms with Crippen LogP contribution in [0.15, 0.2) is 0 Å². The van der Waals surface area contributed by atoms with Gasteiger partial charge in [-0.15, -0.1) is 0 Å². The van der Waals surface area contributed by atoms with Crippen molar-refractivity contribution >= 4 is 13.7 Å². The normalized spacial score (nSPS) is 12.8. The van der Waals surface area contributed by atoms with Gasteiger partial charge in [0.2, 0.25) is 0 Å². The first-order chi connectivity index (χ1) is 7.16. The summed E-state index contributed by atoms with van der Waals surface area (Å²) in [5.41, 5.74) is 0. The van der Waals surface area contributed by atoms with Crippen LogP contribution in [-0.2, 0) is 0 Å². The third-order valence-corrected chi connectivity index (χ3v) is 16.2. The van der Waals surface area contributed by atoms with Crippen LogP contribution in [0.4, 0.5) is 0 Å². The topological polar surface area (TPSA) is 6.48 Å². The van der Waals surface area contributed by atoms with Crippen molar-refractivity contribution in [3.63, 3.8) is 0 Å². The molecule has 0 saturated carbocycles. The molecule has 0 aromatic rings. The van der Waals surface area contributed by atoms with E-state index in [1.165, 1.54) is 36.7 Å². The summed E-state index contributed by atoms with van der Waals surface area (Å²) >= 11 is -1.90. The maximum atomic E-state index is 2.80. The maximum absolute atomic E-state index is 2.80. The second-order valence-electron chi connectivity index (χ2n) is 4.03. The van der Waals surface area contributed by atoms with E-state index in [9.17, 15) is 0 Å². The molecule has 0 heterocycles. The monoisotopic (exact) mass is 276 g/mol. The Kier molecular flexibility index (Phi) is 7.93. The van der Waals surface area contributed by atoms with Crippen LogP contribution in [0.25, 0.3) is 0 Å². The van der Waals surface area contributed by atoms with E-state index in [0.717, 1.165) is 0 Å². The molecule has 0 atom stereocenters. The van der Waals surface area contributed by atoms with Gasteiger partial charge in [0.1, 0.15) is 0 Å². The molecule has 15 heavy (non-hydrogen) atoms. The van der Waals surface area contributed by atoms with E-state index >= 15 is 0 Å². The first-order valence-electron chi connectivity index (χ1n) is 6.66. The van der Waals surface area contributed by atoms with Crippen LogP contribution >= 0.6 is 0 Å². The third-order valence-electron chi connectivity index (χ3n) is 3.84. The van der Waals surface area contributed by atoms with Crippen LogP contribution in [0.1, 0.15) is 41.5 Å². The van der Waals surface area contributed by atoms with Gasteiger partial charge in [0, 0.05) is 0 Å². The molecule has 0 aromatic carbocycles. The van der Waals surface area contributed by atoms with Crippen LogP contribution in [0, 0.1) is 0 Å². The van der Waals surface area contributed by atoms with Crippen LogP contribution in [0.5, 0.6) is 0 Å². The van der Waals surface area contributed by atoms with Crippen molar-refractivity contribution in [2.24, 2.45) is 0 Å². The summed E-state index contributed by atoms with van der Waals surface area (Å²) in [5.74, 6) is 0. The van der Waals surface area contributed by atoms with E-state index in [4.69, 9.17) is 0 Å². The zero-order chi connectivity index (χ0) is 11.9. The fourth-order valence-electron chi connectivity index (χ4n) is 2.97. The minimum absolute atomic E-state index is 1.23. The summed E-state index contributed by atoms with van der Waals surface area (Å²) in [6.45, 7) is 19.0. The molecule has 0 amide bonds. The van der Waals surface area contributed by atoms with Crippen molar-refractivity contribution in [1.29, 1.82) is 0 Å². The fourth-order valence-corrected chi connectivity index (χ4v) is 13.6. The van der Waals surface area contributed by atoms with Gasteiger partial charge in [0.15, 0.2) is 0 Å². The molecule has 92 valence electrons. The molecule has 3 heteroatoms. The first-order valence-corrected chi connectivity index (χ1v) is 11.5. The molecule has 0 spiro atoms. The van der Waals surface area contributed by atoms with Gasteiger partial charge < -0.3 is 0 Å². The van der Waals surface area contributed by atoms with Crippen molar-refractivity contribution in [2.75, 3.05) is 26.2 Å². The molecule has 0 radical (unpaired) electrons. The van der Waals surface area contributed by atoms with Gasteiger partial charge in [-0.2, -0.15) is 0 Å². The fraction of sp³-hybridized carbons (Fsp3) is 1.00. The molecule has 0 fully saturated rings. The molecule has 0 aromatic heterocycles. The van der Waals surface area contributed by atoms with Crippen LogP contribution in [0.2, 0.25) is 10.5 Å². The van der Waals surface area contributed by atoms with Gasteiger partial charge in [-0.1, -0.05) is 0 Å². The second-order valence-corrected chi connectivity index (χ2v) is 13.8. The van der Waals surface area contributed by atoms with Gasteiger partial charge in [-0.05, 0) is 0 Å². The molecule has 0 N–H and O–H groups in total. The van der Waals surface area contributed by atoms with Crippen molar-refractivity contribution in [2.45, 2.75) is 52.0 Å². The standard InChI is InChI=1S/C12H30GeN2/c1-7-13(8-2,14(9-3)10-4)15(11-5)12-6/h7-12H2,1-6H3. The predicted molar refractivity (Wildman–Crippen MR) is 72.6 cm³/mol. The van der Waals surface area contributed by atoms with E-state index in [0.29, 0.717) is 0 Å². The predicted octanol–water partition coefficient (Wildman–Crippen LogP) is 3.15. The average molecular weight is 275 g/mol. The van der Waals surface area contributed by atoms with Crippen molar-refractivity contribution in [1.82, 2.24) is 7.71 Å². The summed E-state index contributed by atoms with van der Waals surface area (Å²) in [6, 6.07) is 0. The Balaban J connectivity index is 4.98. The molecule has 0 aliphatic rings. The molecular formula is C12H30GeN2. The van der Waals surface area contributed by atoms with Gasteiger partial charge in [0.05, 0.1) is 0 Å². The number of hydrogen-bond acceptors (Lipinski definition) is 2. The molecular weight excluding hydrogens is 245 g/mol. The van der Waals surface area contributed by atoms with Gasteiger partial charge in [0.25, 0.3) is 0 Å². The van der Waals surface area contributed by atoms with Crippen LogP contribution in [0.3, 0.4) is 0 Å². The Bertz CT molecular complexity index is 136. The van der Waals surface area contributed by atoms with Crippen molar-refractivity contribution in [3.05, 3.63) is 0 Å². The molecule has 0 unspecified atom stereocenters. The van der Waals surface area contributed by atoms with Crippen LogP contribution < -0.4 is 0 Å². The minimum atomic E-state index is -1.90. The second kappa shape index (κ2) is 7.69. The number of rotatable bonds is 8. The summed E-state index contributed by atoms with van der Waals surface area (Å²) in [4.78, 5) is 0. The van der Waals surface area contributed by atoms with E-state index in [-0.39, 0.29) is 0 Å². The first kappa shape index (κ1) is 15.5. The van der Waals surface area contributed by atoms with Gasteiger partial charge in [-0.3, -0.25) is 0 Å². The van der Waals surface area contributed by atoms with E-state index < -0.39 is 13.7 Å². The van der Waals surface area contributed by atoms with Crippen molar-refractivity contribution in [3.8, 4) is 0 Å². The zero-order valence-electron chi connectivity index (χ0n) is 11.6. The average Bonchev–Trinajstić information content (AvgIpc) is 2.29. The molecule has 0 rings (SSSR count). The molecule has 0 aliphatic heterocycles. The Hall–Kier alpha value is 0.463. The Morgan fingerprint density at radius 3 is 1.00 bits per heavy atom. The molecule has 0 bridgehead atoms. The number of hydrogen-bond donors (Lipinski definition) is 0. The summed E-state index contributed by atoms with van der Waals surface area (Å²) in [6.07, 6.45) is 0. The Labute approximate surface area is 99.8 Å². The van der Waals surface area contributed by atoms with E-state index in [1.54, 1.807) is 0 Å². The Morgan fingerprint density at radius 1 is 0.600 bits per heavy atom. The quantitative estimate of drug-likeness (QED) is 0.628. The summed E-state index contributed by atoms with van der Waals surface area (Å²) < 4.78 is 5.60.